The van der Waals surface area contributed by atoms with Crippen LogP contribution in [0.4, 0.5) is 0 Å². The highest BCUT2D eigenvalue weighted by Crippen LogP contribution is 2.31. The standard InChI is InChI=1S/C14H21BrN2OS/c1-14(2)5-4-6-16-12(14)13(18)17(3)8-11-7-10(15)9-19-11/h7,9,12,16H,4-6,8H2,1-3H3. The van der Waals surface area contributed by atoms with Gasteiger partial charge < -0.3 is 10.2 Å². The van der Waals surface area contributed by atoms with Gasteiger partial charge in [0.05, 0.1) is 12.6 Å². The van der Waals surface area contributed by atoms with E-state index in [1.54, 1.807) is 11.3 Å². The fraction of sp³-hybridized carbons (Fsp3) is 0.643. The first-order chi connectivity index (χ1) is 8.90. The van der Waals surface area contributed by atoms with E-state index in [4.69, 9.17) is 0 Å². The van der Waals surface area contributed by atoms with Gasteiger partial charge in [-0.1, -0.05) is 13.8 Å². The second-order valence-electron chi connectivity index (χ2n) is 5.90. The van der Waals surface area contributed by atoms with Crippen molar-refractivity contribution in [3.05, 3.63) is 20.8 Å². The van der Waals surface area contributed by atoms with Crippen molar-refractivity contribution in [2.75, 3.05) is 13.6 Å². The summed E-state index contributed by atoms with van der Waals surface area (Å²) in [6.07, 6.45) is 2.26. The SMILES string of the molecule is CN(Cc1cc(Br)cs1)C(=O)C1NCCCC1(C)C. The van der Waals surface area contributed by atoms with Gasteiger partial charge in [0.2, 0.25) is 5.91 Å². The summed E-state index contributed by atoms with van der Waals surface area (Å²) in [6.45, 7) is 5.98. The summed E-state index contributed by atoms with van der Waals surface area (Å²) in [6, 6.07) is 2.02. The zero-order valence-electron chi connectivity index (χ0n) is 11.7. The first-order valence-corrected chi connectivity index (χ1v) is 8.29. The van der Waals surface area contributed by atoms with Crippen molar-refractivity contribution in [2.24, 2.45) is 5.41 Å². The summed E-state index contributed by atoms with van der Waals surface area (Å²) in [7, 11) is 1.89. The summed E-state index contributed by atoms with van der Waals surface area (Å²) in [5.74, 6) is 0.203. The zero-order chi connectivity index (χ0) is 14.0. The van der Waals surface area contributed by atoms with Crippen molar-refractivity contribution in [3.63, 3.8) is 0 Å². The number of nitrogens with one attached hydrogen (secondary N) is 1. The highest BCUT2D eigenvalue weighted by Gasteiger charge is 2.38. The smallest absolute Gasteiger partial charge is 0.240 e. The van der Waals surface area contributed by atoms with Crippen molar-refractivity contribution in [3.8, 4) is 0 Å². The molecule has 19 heavy (non-hydrogen) atoms. The van der Waals surface area contributed by atoms with Gasteiger partial charge in [0, 0.05) is 21.8 Å². The summed E-state index contributed by atoms with van der Waals surface area (Å²) in [5, 5.41) is 5.44. The molecule has 0 saturated carbocycles. The van der Waals surface area contributed by atoms with Crippen LogP contribution in [0.2, 0.25) is 0 Å². The Morgan fingerprint density at radius 2 is 2.37 bits per heavy atom. The summed E-state index contributed by atoms with van der Waals surface area (Å²) >= 11 is 5.13. The average Bonchev–Trinajstić information content (AvgIpc) is 2.73. The minimum atomic E-state index is -0.0605. The molecule has 1 atom stereocenters. The van der Waals surface area contributed by atoms with Crippen LogP contribution in [0.25, 0.3) is 0 Å². The van der Waals surface area contributed by atoms with E-state index >= 15 is 0 Å². The third kappa shape index (κ3) is 3.58. The average molecular weight is 345 g/mol. The van der Waals surface area contributed by atoms with E-state index in [1.807, 2.05) is 11.9 Å². The van der Waals surface area contributed by atoms with Crippen LogP contribution in [-0.4, -0.2) is 30.4 Å². The predicted molar refractivity (Wildman–Crippen MR) is 83.3 cm³/mol. The molecule has 3 nitrogen and oxygen atoms in total. The molecule has 1 N–H and O–H groups in total. The minimum absolute atomic E-state index is 0.0413. The number of halogens is 1. The van der Waals surface area contributed by atoms with Gasteiger partial charge in [0.25, 0.3) is 0 Å². The highest BCUT2D eigenvalue weighted by atomic mass is 79.9. The molecule has 0 aromatic carbocycles. The Hall–Kier alpha value is -0.390. The molecule has 1 aromatic heterocycles. The van der Waals surface area contributed by atoms with Crippen LogP contribution in [0.15, 0.2) is 15.9 Å². The number of hydrogen-bond acceptors (Lipinski definition) is 3. The van der Waals surface area contributed by atoms with Crippen molar-refractivity contribution >= 4 is 33.2 Å². The lowest BCUT2D eigenvalue weighted by Crippen LogP contribution is -2.55. The molecule has 0 aliphatic carbocycles. The molecule has 1 unspecified atom stereocenters. The lowest BCUT2D eigenvalue weighted by Gasteiger charge is -2.40. The lowest BCUT2D eigenvalue weighted by atomic mass is 9.77. The number of rotatable bonds is 3. The Balaban J connectivity index is 2.02. The number of carbonyl (C=O) groups excluding carboxylic acids is 1. The molecule has 1 saturated heterocycles. The molecular weight excluding hydrogens is 324 g/mol. The van der Waals surface area contributed by atoms with E-state index in [9.17, 15) is 4.79 Å². The number of hydrogen-bond donors (Lipinski definition) is 1. The van der Waals surface area contributed by atoms with Crippen LogP contribution in [0, 0.1) is 5.41 Å². The van der Waals surface area contributed by atoms with E-state index in [2.05, 4.69) is 46.5 Å². The molecule has 1 fully saturated rings. The van der Waals surface area contributed by atoms with Crippen LogP contribution in [0.5, 0.6) is 0 Å². The van der Waals surface area contributed by atoms with Gasteiger partial charge in [0.1, 0.15) is 0 Å². The number of thiophene rings is 1. The topological polar surface area (TPSA) is 32.3 Å². The van der Waals surface area contributed by atoms with Crippen molar-refractivity contribution in [1.29, 1.82) is 0 Å². The van der Waals surface area contributed by atoms with Gasteiger partial charge in [-0.3, -0.25) is 4.79 Å². The van der Waals surface area contributed by atoms with Gasteiger partial charge in [-0.2, -0.15) is 0 Å². The fourth-order valence-corrected chi connectivity index (χ4v) is 4.10. The van der Waals surface area contributed by atoms with E-state index in [-0.39, 0.29) is 17.4 Å². The van der Waals surface area contributed by atoms with E-state index in [0.29, 0.717) is 6.54 Å². The van der Waals surface area contributed by atoms with Gasteiger partial charge in [0.15, 0.2) is 0 Å². The molecule has 1 amide bonds. The molecule has 0 bridgehead atoms. The first-order valence-electron chi connectivity index (χ1n) is 6.61. The maximum atomic E-state index is 12.6. The van der Waals surface area contributed by atoms with E-state index in [0.717, 1.165) is 23.9 Å². The molecule has 1 aliphatic heterocycles. The quantitative estimate of drug-likeness (QED) is 0.912. The summed E-state index contributed by atoms with van der Waals surface area (Å²) in [5.41, 5.74) is 0.0413. The maximum Gasteiger partial charge on any atom is 0.240 e. The zero-order valence-corrected chi connectivity index (χ0v) is 14.1. The number of carbonyl (C=O) groups is 1. The van der Waals surface area contributed by atoms with Crippen LogP contribution in [0.1, 0.15) is 31.6 Å². The second kappa shape index (κ2) is 5.94. The largest absolute Gasteiger partial charge is 0.339 e. The van der Waals surface area contributed by atoms with Crippen LogP contribution < -0.4 is 5.32 Å². The normalized spacial score (nSPS) is 22.2. The lowest BCUT2D eigenvalue weighted by molar-refractivity contribution is -0.136. The number of piperidine rings is 1. The first kappa shape index (κ1) is 15.0. The van der Waals surface area contributed by atoms with Crippen LogP contribution in [-0.2, 0) is 11.3 Å². The second-order valence-corrected chi connectivity index (χ2v) is 7.82. The van der Waals surface area contributed by atoms with Crippen LogP contribution >= 0.6 is 27.3 Å². The predicted octanol–water partition coefficient (Wildman–Crippen LogP) is 3.25. The molecule has 106 valence electrons. The van der Waals surface area contributed by atoms with Gasteiger partial charge in [-0.15, -0.1) is 11.3 Å². The third-order valence-electron chi connectivity index (χ3n) is 3.77. The third-order valence-corrected chi connectivity index (χ3v) is 5.45. The fourth-order valence-electron chi connectivity index (χ4n) is 2.60. The maximum absolute atomic E-state index is 12.6. The molecular formula is C14H21BrN2OS. The van der Waals surface area contributed by atoms with Gasteiger partial charge in [-0.05, 0) is 46.8 Å². The van der Waals surface area contributed by atoms with Crippen molar-refractivity contribution in [2.45, 2.75) is 39.3 Å². The summed E-state index contributed by atoms with van der Waals surface area (Å²) < 4.78 is 1.09. The van der Waals surface area contributed by atoms with Crippen molar-refractivity contribution in [1.82, 2.24) is 10.2 Å². The Morgan fingerprint density at radius 1 is 1.63 bits per heavy atom. The molecule has 1 aliphatic rings. The van der Waals surface area contributed by atoms with Gasteiger partial charge in [-0.25, -0.2) is 0 Å². The Kier molecular flexibility index (Phi) is 4.69. The molecule has 2 rings (SSSR count). The number of amides is 1. The Bertz CT molecular complexity index is 458. The number of nitrogens with zero attached hydrogens (tertiary/aromatic N) is 1. The van der Waals surface area contributed by atoms with E-state index in [1.165, 1.54) is 4.88 Å². The van der Waals surface area contributed by atoms with Gasteiger partial charge >= 0.3 is 0 Å². The van der Waals surface area contributed by atoms with Crippen molar-refractivity contribution < 1.29 is 4.79 Å². The molecule has 2 heterocycles. The minimum Gasteiger partial charge on any atom is -0.339 e. The van der Waals surface area contributed by atoms with Crippen LogP contribution in [0.3, 0.4) is 0 Å². The Labute approximate surface area is 127 Å². The highest BCUT2D eigenvalue weighted by molar-refractivity contribution is 9.10. The molecule has 5 heteroatoms. The van der Waals surface area contributed by atoms with E-state index < -0.39 is 0 Å². The summed E-state index contributed by atoms with van der Waals surface area (Å²) in [4.78, 5) is 15.6. The molecule has 0 radical (unpaired) electrons. The number of likely N-dealkylation sites (N-methyl/N-ethyl adjacent to an activating group) is 1. The molecule has 0 spiro atoms. The molecule has 1 aromatic rings. The monoisotopic (exact) mass is 344 g/mol. The Morgan fingerprint density at radius 3 is 2.95 bits per heavy atom.